The summed E-state index contributed by atoms with van der Waals surface area (Å²) < 4.78 is 6.03. The van der Waals surface area contributed by atoms with E-state index in [1.165, 1.54) is 24.0 Å². The first-order valence-corrected chi connectivity index (χ1v) is 7.57. The first-order chi connectivity index (χ1) is 10.1. The number of hydrogen-bond acceptors (Lipinski definition) is 3. The van der Waals surface area contributed by atoms with Gasteiger partial charge in [0.1, 0.15) is 5.75 Å². The van der Waals surface area contributed by atoms with Crippen molar-refractivity contribution in [1.82, 2.24) is 10.3 Å². The number of aromatic nitrogens is 1. The highest BCUT2D eigenvalue weighted by molar-refractivity contribution is 5.39. The lowest BCUT2D eigenvalue weighted by molar-refractivity contribution is 0.450. The second kappa shape index (κ2) is 5.86. The molecule has 0 aliphatic heterocycles. The van der Waals surface area contributed by atoms with Crippen LogP contribution in [0.15, 0.2) is 30.3 Å². The normalized spacial score (nSPS) is 14.2. The van der Waals surface area contributed by atoms with Gasteiger partial charge in [-0.1, -0.05) is 17.7 Å². The fourth-order valence-electron chi connectivity index (χ4n) is 2.38. The summed E-state index contributed by atoms with van der Waals surface area (Å²) in [6.45, 7) is 7.03. The van der Waals surface area contributed by atoms with Gasteiger partial charge in [-0.3, -0.25) is 0 Å². The Morgan fingerprint density at radius 3 is 2.52 bits per heavy atom. The van der Waals surface area contributed by atoms with Crippen molar-refractivity contribution in [2.45, 2.75) is 46.2 Å². The van der Waals surface area contributed by atoms with Crippen LogP contribution in [0, 0.1) is 20.8 Å². The van der Waals surface area contributed by atoms with Gasteiger partial charge in [0, 0.05) is 23.8 Å². The molecule has 1 aromatic carbocycles. The van der Waals surface area contributed by atoms with Gasteiger partial charge in [0.2, 0.25) is 5.88 Å². The molecule has 0 amide bonds. The van der Waals surface area contributed by atoms with Crippen molar-refractivity contribution in [2.75, 3.05) is 0 Å². The van der Waals surface area contributed by atoms with E-state index >= 15 is 0 Å². The van der Waals surface area contributed by atoms with Crippen molar-refractivity contribution < 1.29 is 4.74 Å². The van der Waals surface area contributed by atoms with Crippen molar-refractivity contribution >= 4 is 0 Å². The molecule has 1 fully saturated rings. The summed E-state index contributed by atoms with van der Waals surface area (Å²) in [6, 6.07) is 10.9. The van der Waals surface area contributed by atoms with Crippen LogP contribution in [-0.4, -0.2) is 11.0 Å². The molecule has 0 unspecified atom stereocenters. The van der Waals surface area contributed by atoms with Gasteiger partial charge in [-0.25, -0.2) is 4.98 Å². The maximum Gasteiger partial charge on any atom is 0.224 e. The van der Waals surface area contributed by atoms with E-state index in [2.05, 4.69) is 42.3 Å². The molecule has 1 aromatic heterocycles. The summed E-state index contributed by atoms with van der Waals surface area (Å²) in [4.78, 5) is 4.59. The zero-order valence-corrected chi connectivity index (χ0v) is 12.9. The predicted molar refractivity (Wildman–Crippen MR) is 84.8 cm³/mol. The maximum atomic E-state index is 6.03. The van der Waals surface area contributed by atoms with E-state index in [4.69, 9.17) is 4.74 Å². The smallest absolute Gasteiger partial charge is 0.224 e. The first kappa shape index (κ1) is 14.1. The van der Waals surface area contributed by atoms with Crippen molar-refractivity contribution in [3.63, 3.8) is 0 Å². The molecule has 1 heterocycles. The number of nitrogens with one attached hydrogen (secondary N) is 1. The van der Waals surface area contributed by atoms with Crippen LogP contribution in [0.2, 0.25) is 0 Å². The number of hydrogen-bond donors (Lipinski definition) is 1. The van der Waals surface area contributed by atoms with Crippen LogP contribution in [0.5, 0.6) is 11.6 Å². The summed E-state index contributed by atoms with van der Waals surface area (Å²) in [6.07, 6.45) is 2.57. The van der Waals surface area contributed by atoms with E-state index in [0.717, 1.165) is 29.4 Å². The van der Waals surface area contributed by atoms with Crippen LogP contribution in [0.1, 0.15) is 35.2 Å². The first-order valence-electron chi connectivity index (χ1n) is 7.57. The number of benzene rings is 1. The Balaban J connectivity index is 1.85. The molecular formula is C18H22N2O. The topological polar surface area (TPSA) is 34.1 Å². The van der Waals surface area contributed by atoms with Gasteiger partial charge >= 0.3 is 0 Å². The summed E-state index contributed by atoms with van der Waals surface area (Å²) in [5.74, 6) is 1.57. The Morgan fingerprint density at radius 1 is 1.14 bits per heavy atom. The lowest BCUT2D eigenvalue weighted by Gasteiger charge is -2.14. The molecule has 1 N–H and O–H groups in total. The lowest BCUT2D eigenvalue weighted by atomic mass is 10.1. The fraction of sp³-hybridized carbons (Fsp3) is 0.389. The quantitative estimate of drug-likeness (QED) is 0.898. The van der Waals surface area contributed by atoms with Crippen molar-refractivity contribution in [2.24, 2.45) is 0 Å². The standard InChI is InChI=1S/C18H22N2O/c1-12-4-8-16(9-5-12)21-18-17(11-19-15-6-7-15)13(2)10-14(3)20-18/h4-5,8-10,15,19H,6-7,11H2,1-3H3. The number of rotatable bonds is 5. The van der Waals surface area contributed by atoms with Gasteiger partial charge in [-0.2, -0.15) is 0 Å². The van der Waals surface area contributed by atoms with E-state index < -0.39 is 0 Å². The zero-order chi connectivity index (χ0) is 14.8. The minimum atomic E-state index is 0.679. The van der Waals surface area contributed by atoms with Crippen LogP contribution in [0.3, 0.4) is 0 Å². The van der Waals surface area contributed by atoms with Crippen LogP contribution in [-0.2, 0) is 6.54 Å². The van der Waals surface area contributed by atoms with Crippen molar-refractivity contribution in [3.05, 3.63) is 52.7 Å². The molecule has 0 bridgehead atoms. The largest absolute Gasteiger partial charge is 0.439 e. The van der Waals surface area contributed by atoms with Gasteiger partial charge in [-0.05, 0) is 57.4 Å². The minimum Gasteiger partial charge on any atom is -0.439 e. The molecule has 1 saturated carbocycles. The molecule has 3 nitrogen and oxygen atoms in total. The summed E-state index contributed by atoms with van der Waals surface area (Å²) in [7, 11) is 0. The molecule has 1 aliphatic rings. The van der Waals surface area contributed by atoms with Crippen LogP contribution in [0.25, 0.3) is 0 Å². The van der Waals surface area contributed by atoms with E-state index in [1.807, 2.05) is 19.1 Å². The molecule has 3 rings (SSSR count). The van der Waals surface area contributed by atoms with E-state index in [-0.39, 0.29) is 0 Å². The molecule has 21 heavy (non-hydrogen) atoms. The Bertz CT molecular complexity index is 630. The average Bonchev–Trinajstić information content (AvgIpc) is 3.24. The average molecular weight is 282 g/mol. The summed E-state index contributed by atoms with van der Waals surface area (Å²) in [5.41, 5.74) is 4.61. The zero-order valence-electron chi connectivity index (χ0n) is 12.9. The minimum absolute atomic E-state index is 0.679. The molecule has 0 saturated heterocycles. The molecular weight excluding hydrogens is 260 g/mol. The molecule has 2 aromatic rings. The highest BCUT2D eigenvalue weighted by Gasteiger charge is 2.21. The number of pyridine rings is 1. The van der Waals surface area contributed by atoms with E-state index in [0.29, 0.717) is 6.04 Å². The Labute approximate surface area is 126 Å². The van der Waals surface area contributed by atoms with Crippen molar-refractivity contribution in [3.8, 4) is 11.6 Å². The molecule has 1 aliphatic carbocycles. The second-order valence-corrected chi connectivity index (χ2v) is 5.93. The van der Waals surface area contributed by atoms with Gasteiger partial charge in [0.25, 0.3) is 0 Å². The summed E-state index contributed by atoms with van der Waals surface area (Å²) >= 11 is 0. The molecule has 0 radical (unpaired) electrons. The third kappa shape index (κ3) is 3.61. The van der Waals surface area contributed by atoms with Crippen LogP contribution >= 0.6 is 0 Å². The third-order valence-corrected chi connectivity index (χ3v) is 3.82. The Morgan fingerprint density at radius 2 is 1.86 bits per heavy atom. The SMILES string of the molecule is Cc1ccc(Oc2nc(C)cc(C)c2CNC2CC2)cc1. The fourth-order valence-corrected chi connectivity index (χ4v) is 2.38. The predicted octanol–water partition coefficient (Wildman–Crippen LogP) is 4.05. The van der Waals surface area contributed by atoms with Crippen molar-refractivity contribution in [1.29, 1.82) is 0 Å². The van der Waals surface area contributed by atoms with Gasteiger partial charge in [0.05, 0.1) is 0 Å². The Hall–Kier alpha value is -1.87. The molecule has 0 spiro atoms. The number of ether oxygens (including phenoxy) is 1. The van der Waals surface area contributed by atoms with E-state index in [9.17, 15) is 0 Å². The maximum absolute atomic E-state index is 6.03. The lowest BCUT2D eigenvalue weighted by Crippen LogP contribution is -2.17. The molecule has 3 heteroatoms. The Kier molecular flexibility index (Phi) is 3.93. The van der Waals surface area contributed by atoms with Crippen LogP contribution < -0.4 is 10.1 Å². The van der Waals surface area contributed by atoms with E-state index in [1.54, 1.807) is 0 Å². The number of aryl methyl sites for hydroxylation is 3. The van der Waals surface area contributed by atoms with Crippen LogP contribution in [0.4, 0.5) is 0 Å². The highest BCUT2D eigenvalue weighted by atomic mass is 16.5. The monoisotopic (exact) mass is 282 g/mol. The van der Waals surface area contributed by atoms with Gasteiger partial charge in [-0.15, -0.1) is 0 Å². The second-order valence-electron chi connectivity index (χ2n) is 5.93. The number of nitrogens with zero attached hydrogens (tertiary/aromatic N) is 1. The summed E-state index contributed by atoms with van der Waals surface area (Å²) in [5, 5.41) is 3.55. The van der Waals surface area contributed by atoms with Gasteiger partial charge in [0.15, 0.2) is 0 Å². The molecule has 0 atom stereocenters. The third-order valence-electron chi connectivity index (χ3n) is 3.82. The highest BCUT2D eigenvalue weighted by Crippen LogP contribution is 2.28. The molecule has 110 valence electrons. The van der Waals surface area contributed by atoms with Gasteiger partial charge < -0.3 is 10.1 Å².